The SMILES string of the molecule is CC(C)(C)c1noc(CCCC(=O)N2CSCC2C(=O)Nc2ccc(C#N)cc2)n1. The molecule has 2 heterocycles. The van der Waals surface area contributed by atoms with Gasteiger partial charge < -0.3 is 14.7 Å². The van der Waals surface area contributed by atoms with Gasteiger partial charge in [0.1, 0.15) is 6.04 Å². The van der Waals surface area contributed by atoms with Crippen molar-refractivity contribution < 1.29 is 14.1 Å². The minimum atomic E-state index is -0.506. The Morgan fingerprint density at radius 1 is 1.33 bits per heavy atom. The van der Waals surface area contributed by atoms with Crippen LogP contribution in [-0.2, 0) is 21.4 Å². The highest BCUT2D eigenvalue weighted by Crippen LogP contribution is 2.24. The molecular weight excluding hydrogens is 402 g/mol. The van der Waals surface area contributed by atoms with Gasteiger partial charge >= 0.3 is 0 Å². The molecule has 0 radical (unpaired) electrons. The molecule has 1 aliphatic heterocycles. The van der Waals surface area contributed by atoms with Crippen molar-refractivity contribution in [2.24, 2.45) is 0 Å². The Morgan fingerprint density at radius 3 is 2.70 bits per heavy atom. The van der Waals surface area contributed by atoms with Gasteiger partial charge in [-0.25, -0.2) is 0 Å². The second kappa shape index (κ2) is 9.30. The zero-order valence-electron chi connectivity index (χ0n) is 17.3. The maximum absolute atomic E-state index is 12.7. The predicted octanol–water partition coefficient (Wildman–Crippen LogP) is 3.10. The lowest BCUT2D eigenvalue weighted by Gasteiger charge is -2.23. The zero-order valence-corrected chi connectivity index (χ0v) is 18.2. The van der Waals surface area contributed by atoms with Crippen molar-refractivity contribution in [1.82, 2.24) is 15.0 Å². The molecule has 30 heavy (non-hydrogen) atoms. The third-order valence-corrected chi connectivity index (χ3v) is 5.72. The van der Waals surface area contributed by atoms with Crippen molar-refractivity contribution in [1.29, 1.82) is 5.26 Å². The van der Waals surface area contributed by atoms with E-state index >= 15 is 0 Å². The largest absolute Gasteiger partial charge is 0.339 e. The topological polar surface area (TPSA) is 112 Å². The normalized spacial score (nSPS) is 16.3. The molecule has 1 aliphatic rings. The van der Waals surface area contributed by atoms with E-state index in [0.29, 0.717) is 53.9 Å². The van der Waals surface area contributed by atoms with Crippen molar-refractivity contribution in [2.45, 2.75) is 51.5 Å². The summed E-state index contributed by atoms with van der Waals surface area (Å²) in [6.07, 6.45) is 1.42. The van der Waals surface area contributed by atoms with Crippen LogP contribution in [0.5, 0.6) is 0 Å². The smallest absolute Gasteiger partial charge is 0.248 e. The van der Waals surface area contributed by atoms with E-state index in [4.69, 9.17) is 9.78 Å². The first-order chi connectivity index (χ1) is 14.3. The molecule has 1 N–H and O–H groups in total. The second-order valence-corrected chi connectivity index (χ2v) is 9.17. The number of hydrogen-bond donors (Lipinski definition) is 1. The summed E-state index contributed by atoms with van der Waals surface area (Å²) >= 11 is 1.56. The van der Waals surface area contributed by atoms with Gasteiger partial charge in [0.15, 0.2) is 5.82 Å². The lowest BCUT2D eigenvalue weighted by atomic mass is 9.96. The van der Waals surface area contributed by atoms with E-state index in [2.05, 4.69) is 15.5 Å². The van der Waals surface area contributed by atoms with E-state index in [9.17, 15) is 9.59 Å². The van der Waals surface area contributed by atoms with Crippen molar-refractivity contribution in [3.8, 4) is 6.07 Å². The number of carbonyl (C=O) groups is 2. The number of nitrogens with one attached hydrogen (secondary N) is 1. The second-order valence-electron chi connectivity index (χ2n) is 8.17. The Hall–Kier alpha value is -2.86. The van der Waals surface area contributed by atoms with Gasteiger partial charge in [0.05, 0.1) is 17.5 Å². The Balaban J connectivity index is 1.51. The summed E-state index contributed by atoms with van der Waals surface area (Å²) in [4.78, 5) is 31.4. The van der Waals surface area contributed by atoms with Gasteiger partial charge in [0.25, 0.3) is 0 Å². The number of rotatable bonds is 6. The molecule has 158 valence electrons. The molecule has 0 aliphatic carbocycles. The molecule has 1 fully saturated rings. The fourth-order valence-electron chi connectivity index (χ4n) is 2.95. The van der Waals surface area contributed by atoms with Crippen LogP contribution in [0.15, 0.2) is 28.8 Å². The van der Waals surface area contributed by atoms with E-state index in [1.54, 1.807) is 40.9 Å². The van der Waals surface area contributed by atoms with Crippen LogP contribution in [0.4, 0.5) is 5.69 Å². The van der Waals surface area contributed by atoms with Gasteiger partial charge in [-0.05, 0) is 30.7 Å². The highest BCUT2D eigenvalue weighted by molar-refractivity contribution is 7.99. The van der Waals surface area contributed by atoms with Crippen LogP contribution in [0.2, 0.25) is 0 Å². The average molecular weight is 428 g/mol. The molecule has 2 aromatic rings. The predicted molar refractivity (Wildman–Crippen MR) is 114 cm³/mol. The third-order valence-electron chi connectivity index (χ3n) is 4.71. The lowest BCUT2D eigenvalue weighted by Crippen LogP contribution is -2.44. The zero-order chi connectivity index (χ0) is 21.7. The van der Waals surface area contributed by atoms with Gasteiger partial charge in [-0.3, -0.25) is 9.59 Å². The minimum Gasteiger partial charge on any atom is -0.339 e. The standard InChI is InChI=1S/C21H25N5O3S/c1-21(2,3)20-24-17(29-25-20)5-4-6-18(27)26-13-30-12-16(26)19(28)23-15-9-7-14(11-22)8-10-15/h7-10,16H,4-6,12-13H2,1-3H3,(H,23,28). The monoisotopic (exact) mass is 427 g/mol. The summed E-state index contributed by atoms with van der Waals surface area (Å²) in [6, 6.07) is 8.18. The first kappa shape index (κ1) is 21.8. The molecule has 1 saturated heterocycles. The molecule has 2 amide bonds. The highest BCUT2D eigenvalue weighted by Gasteiger charge is 2.34. The Morgan fingerprint density at radius 2 is 2.07 bits per heavy atom. The number of anilines is 1. The number of thioether (sulfide) groups is 1. The highest BCUT2D eigenvalue weighted by atomic mass is 32.2. The fraction of sp³-hybridized carbons (Fsp3) is 0.476. The summed E-state index contributed by atoms with van der Waals surface area (Å²) in [5, 5.41) is 15.7. The van der Waals surface area contributed by atoms with Crippen LogP contribution in [-0.4, -0.2) is 44.5 Å². The van der Waals surface area contributed by atoms with Crippen LogP contribution >= 0.6 is 11.8 Å². The molecule has 1 unspecified atom stereocenters. The van der Waals surface area contributed by atoms with Crippen LogP contribution in [0.25, 0.3) is 0 Å². The van der Waals surface area contributed by atoms with E-state index in [-0.39, 0.29) is 17.2 Å². The van der Waals surface area contributed by atoms with Crippen molar-refractivity contribution >= 4 is 29.3 Å². The minimum absolute atomic E-state index is 0.0597. The summed E-state index contributed by atoms with van der Waals surface area (Å²) in [6.45, 7) is 6.04. The van der Waals surface area contributed by atoms with Crippen LogP contribution in [0.1, 0.15) is 50.9 Å². The first-order valence-corrected chi connectivity index (χ1v) is 10.9. The Bertz CT molecular complexity index is 943. The molecule has 3 rings (SSSR count). The quantitative estimate of drug-likeness (QED) is 0.754. The number of nitriles is 1. The van der Waals surface area contributed by atoms with E-state index in [1.807, 2.05) is 26.8 Å². The van der Waals surface area contributed by atoms with Gasteiger partial charge in [-0.15, -0.1) is 11.8 Å². The molecule has 8 nitrogen and oxygen atoms in total. The maximum atomic E-state index is 12.7. The number of benzene rings is 1. The molecule has 9 heteroatoms. The van der Waals surface area contributed by atoms with Crippen LogP contribution < -0.4 is 5.32 Å². The number of aromatic nitrogens is 2. The van der Waals surface area contributed by atoms with Gasteiger partial charge in [0.2, 0.25) is 17.7 Å². The number of carbonyl (C=O) groups excluding carboxylic acids is 2. The summed E-state index contributed by atoms with van der Waals surface area (Å²) in [7, 11) is 0. The molecule has 1 atom stereocenters. The van der Waals surface area contributed by atoms with E-state index < -0.39 is 6.04 Å². The lowest BCUT2D eigenvalue weighted by molar-refractivity contribution is -0.136. The molecule has 0 saturated carbocycles. The van der Waals surface area contributed by atoms with Gasteiger partial charge in [-0.2, -0.15) is 10.2 Å². The summed E-state index contributed by atoms with van der Waals surface area (Å²) in [5.41, 5.74) is 0.950. The van der Waals surface area contributed by atoms with Crippen molar-refractivity contribution in [3.63, 3.8) is 0 Å². The van der Waals surface area contributed by atoms with Crippen molar-refractivity contribution in [3.05, 3.63) is 41.5 Å². The molecule has 0 spiro atoms. The average Bonchev–Trinajstić information content (AvgIpc) is 3.38. The number of aryl methyl sites for hydroxylation is 1. The fourth-order valence-corrected chi connectivity index (χ4v) is 4.14. The van der Waals surface area contributed by atoms with E-state index in [1.165, 1.54) is 0 Å². The molecular formula is C21H25N5O3S. The molecule has 1 aromatic heterocycles. The van der Waals surface area contributed by atoms with Crippen molar-refractivity contribution in [2.75, 3.05) is 16.9 Å². The third kappa shape index (κ3) is 5.39. The van der Waals surface area contributed by atoms with Crippen LogP contribution in [0, 0.1) is 11.3 Å². The summed E-state index contributed by atoms with van der Waals surface area (Å²) < 4.78 is 5.27. The Kier molecular flexibility index (Phi) is 6.77. The number of nitrogens with zero attached hydrogens (tertiary/aromatic N) is 4. The van der Waals surface area contributed by atoms with Crippen LogP contribution in [0.3, 0.4) is 0 Å². The number of hydrogen-bond acceptors (Lipinski definition) is 7. The maximum Gasteiger partial charge on any atom is 0.248 e. The Labute approximate surface area is 180 Å². The summed E-state index contributed by atoms with van der Waals surface area (Å²) in [5.74, 6) is 1.96. The number of amides is 2. The molecule has 1 aromatic carbocycles. The van der Waals surface area contributed by atoms with E-state index in [0.717, 1.165) is 0 Å². The first-order valence-electron chi connectivity index (χ1n) is 9.79. The van der Waals surface area contributed by atoms with Gasteiger partial charge in [0, 0.05) is 29.7 Å². The molecule has 0 bridgehead atoms. The van der Waals surface area contributed by atoms with Gasteiger partial charge in [-0.1, -0.05) is 25.9 Å².